The molecule has 0 unspecified atom stereocenters. The lowest BCUT2D eigenvalue weighted by Crippen LogP contribution is -2.08. The Hall–Kier alpha value is -1.29. The summed E-state index contributed by atoms with van der Waals surface area (Å²) in [6, 6.07) is 0. The van der Waals surface area contributed by atoms with E-state index in [0.717, 1.165) is 29.9 Å². The third-order valence-corrected chi connectivity index (χ3v) is 2.29. The number of nitrogens with two attached hydrogens (primary N) is 1. The van der Waals surface area contributed by atoms with Gasteiger partial charge in [-0.15, -0.1) is 6.58 Å². The molecule has 0 aromatic carbocycles. The van der Waals surface area contributed by atoms with Crippen molar-refractivity contribution in [3.63, 3.8) is 0 Å². The number of aromatic nitrogens is 2. The number of nitrogen functional groups attached to an aromatic ring is 1. The van der Waals surface area contributed by atoms with E-state index in [0.29, 0.717) is 13.3 Å². The molecular formula is C11H19N3O. The second-order valence-electron chi connectivity index (χ2n) is 3.30. The summed E-state index contributed by atoms with van der Waals surface area (Å²) in [5, 5.41) is 4.40. The normalized spacial score (nSPS) is 10.5. The predicted octanol–water partition coefficient (Wildman–Crippen LogP) is 1.75. The molecule has 4 nitrogen and oxygen atoms in total. The monoisotopic (exact) mass is 209 g/mol. The summed E-state index contributed by atoms with van der Waals surface area (Å²) in [5.41, 5.74) is 8.78. The van der Waals surface area contributed by atoms with Crippen LogP contribution in [-0.2, 0) is 24.3 Å². The Kier molecular flexibility index (Phi) is 4.37. The third-order valence-electron chi connectivity index (χ3n) is 2.29. The van der Waals surface area contributed by atoms with Gasteiger partial charge in [-0.2, -0.15) is 5.10 Å². The van der Waals surface area contributed by atoms with Crippen molar-refractivity contribution >= 4 is 5.69 Å². The van der Waals surface area contributed by atoms with Crippen LogP contribution >= 0.6 is 0 Å². The fraction of sp³-hybridized carbons (Fsp3) is 0.545. The zero-order chi connectivity index (χ0) is 11.3. The van der Waals surface area contributed by atoms with Crippen LogP contribution < -0.4 is 5.73 Å². The van der Waals surface area contributed by atoms with E-state index in [1.54, 1.807) is 6.08 Å². The highest BCUT2D eigenvalue weighted by Crippen LogP contribution is 2.18. The topological polar surface area (TPSA) is 53.1 Å². The lowest BCUT2D eigenvalue weighted by molar-refractivity contribution is 0.0888. The summed E-state index contributed by atoms with van der Waals surface area (Å²) in [4.78, 5) is 0. The predicted molar refractivity (Wildman–Crippen MR) is 61.5 cm³/mol. The van der Waals surface area contributed by atoms with Crippen LogP contribution in [0.4, 0.5) is 5.69 Å². The van der Waals surface area contributed by atoms with Crippen molar-refractivity contribution in [1.82, 2.24) is 9.78 Å². The zero-order valence-electron chi connectivity index (χ0n) is 9.49. The van der Waals surface area contributed by atoms with Crippen LogP contribution in [-0.4, -0.2) is 16.4 Å². The second kappa shape index (κ2) is 5.56. The minimum atomic E-state index is 0.444. The molecule has 0 atom stereocenters. The van der Waals surface area contributed by atoms with Gasteiger partial charge in [0, 0.05) is 0 Å². The molecule has 84 valence electrons. The fourth-order valence-corrected chi connectivity index (χ4v) is 1.53. The molecule has 0 aliphatic rings. The maximum atomic E-state index is 5.97. The van der Waals surface area contributed by atoms with Crippen molar-refractivity contribution in [2.75, 3.05) is 12.3 Å². The van der Waals surface area contributed by atoms with Crippen LogP contribution in [0.5, 0.6) is 0 Å². The standard InChI is InChI=1S/C11H19N3O/c1-4-7-15-8-14-10(6-3)11(12)9(5-2)13-14/h4H,1,5-8,12H2,2-3H3. The molecule has 0 bridgehead atoms. The van der Waals surface area contributed by atoms with Crippen LogP contribution in [0.25, 0.3) is 0 Å². The van der Waals surface area contributed by atoms with Gasteiger partial charge in [-0.25, -0.2) is 4.68 Å². The molecule has 0 saturated heterocycles. The van der Waals surface area contributed by atoms with E-state index in [9.17, 15) is 0 Å². The second-order valence-corrected chi connectivity index (χ2v) is 3.30. The van der Waals surface area contributed by atoms with Gasteiger partial charge < -0.3 is 10.5 Å². The molecule has 0 amide bonds. The average molecular weight is 209 g/mol. The van der Waals surface area contributed by atoms with Crippen molar-refractivity contribution in [3.8, 4) is 0 Å². The van der Waals surface area contributed by atoms with Gasteiger partial charge in [-0.1, -0.05) is 19.9 Å². The first-order chi connectivity index (χ1) is 7.24. The molecule has 0 saturated carbocycles. The Morgan fingerprint density at radius 2 is 2.20 bits per heavy atom. The molecule has 1 aromatic rings. The van der Waals surface area contributed by atoms with Gasteiger partial charge in [0.2, 0.25) is 0 Å². The Labute approximate surface area is 90.7 Å². The number of anilines is 1. The van der Waals surface area contributed by atoms with E-state index >= 15 is 0 Å². The van der Waals surface area contributed by atoms with Crippen molar-refractivity contribution in [2.24, 2.45) is 0 Å². The summed E-state index contributed by atoms with van der Waals surface area (Å²) in [7, 11) is 0. The lowest BCUT2D eigenvalue weighted by atomic mass is 10.2. The Bertz CT molecular complexity index is 331. The van der Waals surface area contributed by atoms with Crippen LogP contribution in [0.1, 0.15) is 25.2 Å². The van der Waals surface area contributed by atoms with Crippen LogP contribution in [0.3, 0.4) is 0 Å². The third kappa shape index (κ3) is 2.59. The van der Waals surface area contributed by atoms with E-state index in [-0.39, 0.29) is 0 Å². The van der Waals surface area contributed by atoms with E-state index in [1.165, 1.54) is 0 Å². The highest BCUT2D eigenvalue weighted by molar-refractivity contribution is 5.48. The first kappa shape index (κ1) is 11.8. The lowest BCUT2D eigenvalue weighted by Gasteiger charge is -2.05. The molecule has 0 aliphatic carbocycles. The molecule has 1 aromatic heterocycles. The smallest absolute Gasteiger partial charge is 0.140 e. The summed E-state index contributed by atoms with van der Waals surface area (Å²) >= 11 is 0. The fourth-order valence-electron chi connectivity index (χ4n) is 1.53. The van der Waals surface area contributed by atoms with Crippen molar-refractivity contribution in [1.29, 1.82) is 0 Å². The van der Waals surface area contributed by atoms with Gasteiger partial charge in [-0.3, -0.25) is 0 Å². The average Bonchev–Trinajstić information content (AvgIpc) is 2.55. The van der Waals surface area contributed by atoms with Gasteiger partial charge >= 0.3 is 0 Å². The van der Waals surface area contributed by atoms with Gasteiger partial charge in [0.1, 0.15) is 6.73 Å². The van der Waals surface area contributed by atoms with Crippen molar-refractivity contribution in [3.05, 3.63) is 24.0 Å². The summed E-state index contributed by atoms with van der Waals surface area (Å²) < 4.78 is 7.18. The number of hydrogen-bond donors (Lipinski definition) is 1. The summed E-state index contributed by atoms with van der Waals surface area (Å²) in [6.07, 6.45) is 3.45. The van der Waals surface area contributed by atoms with Gasteiger partial charge in [0.25, 0.3) is 0 Å². The molecule has 4 heteroatoms. The van der Waals surface area contributed by atoms with E-state index < -0.39 is 0 Å². The summed E-state index contributed by atoms with van der Waals surface area (Å²) in [6.45, 7) is 8.68. The Morgan fingerprint density at radius 1 is 1.47 bits per heavy atom. The maximum Gasteiger partial charge on any atom is 0.140 e. The van der Waals surface area contributed by atoms with Crippen LogP contribution in [0.2, 0.25) is 0 Å². The first-order valence-electron chi connectivity index (χ1n) is 5.27. The molecule has 15 heavy (non-hydrogen) atoms. The van der Waals surface area contributed by atoms with E-state index in [4.69, 9.17) is 10.5 Å². The van der Waals surface area contributed by atoms with Crippen LogP contribution in [0, 0.1) is 0 Å². The number of rotatable bonds is 6. The van der Waals surface area contributed by atoms with Gasteiger partial charge in [-0.05, 0) is 12.8 Å². The number of nitrogens with zero attached hydrogens (tertiary/aromatic N) is 2. The quantitative estimate of drug-likeness (QED) is 0.573. The molecule has 0 spiro atoms. The highest BCUT2D eigenvalue weighted by atomic mass is 16.5. The molecule has 2 N–H and O–H groups in total. The number of hydrogen-bond acceptors (Lipinski definition) is 3. The Balaban J connectivity index is 2.81. The minimum absolute atomic E-state index is 0.444. The molecule has 1 heterocycles. The SMILES string of the molecule is C=CCOCn1nc(CC)c(N)c1CC. The first-order valence-corrected chi connectivity index (χ1v) is 5.27. The maximum absolute atomic E-state index is 5.97. The molecule has 0 fully saturated rings. The minimum Gasteiger partial charge on any atom is -0.396 e. The molecule has 1 rings (SSSR count). The van der Waals surface area contributed by atoms with Gasteiger partial charge in [0.15, 0.2) is 0 Å². The number of ether oxygens (including phenoxy) is 1. The van der Waals surface area contributed by atoms with Crippen molar-refractivity contribution in [2.45, 2.75) is 33.4 Å². The highest BCUT2D eigenvalue weighted by Gasteiger charge is 2.11. The van der Waals surface area contributed by atoms with Crippen LogP contribution in [0.15, 0.2) is 12.7 Å². The summed E-state index contributed by atoms with van der Waals surface area (Å²) in [5.74, 6) is 0. The zero-order valence-corrected chi connectivity index (χ0v) is 9.49. The molecule has 0 radical (unpaired) electrons. The van der Waals surface area contributed by atoms with E-state index in [1.807, 2.05) is 11.6 Å². The van der Waals surface area contributed by atoms with E-state index in [2.05, 4.69) is 18.6 Å². The Morgan fingerprint density at radius 3 is 2.73 bits per heavy atom. The molecular weight excluding hydrogens is 190 g/mol. The largest absolute Gasteiger partial charge is 0.396 e. The van der Waals surface area contributed by atoms with Gasteiger partial charge in [0.05, 0.1) is 23.7 Å². The molecule has 0 aliphatic heterocycles. The number of aryl methyl sites for hydroxylation is 1. The van der Waals surface area contributed by atoms with Crippen molar-refractivity contribution < 1.29 is 4.74 Å².